The molecule has 0 atom stereocenters. The first-order chi connectivity index (χ1) is 10.1. The van der Waals surface area contributed by atoms with Crippen molar-refractivity contribution in [2.45, 2.75) is 11.3 Å². The summed E-state index contributed by atoms with van der Waals surface area (Å²) in [5, 5.41) is 4.29. The molecule has 0 unspecified atom stereocenters. The van der Waals surface area contributed by atoms with E-state index in [9.17, 15) is 26.4 Å². The van der Waals surface area contributed by atoms with E-state index in [0.29, 0.717) is 0 Å². The molecule has 0 saturated carbocycles. The summed E-state index contributed by atoms with van der Waals surface area (Å²) in [6.45, 7) is 0. The molecule has 22 heavy (non-hydrogen) atoms. The molecule has 0 bridgehead atoms. The van der Waals surface area contributed by atoms with Gasteiger partial charge < -0.3 is 4.74 Å². The van der Waals surface area contributed by atoms with Crippen molar-refractivity contribution >= 4 is 31.8 Å². The van der Waals surface area contributed by atoms with Crippen LogP contribution in [0.4, 0.5) is 19.0 Å². The lowest BCUT2D eigenvalue weighted by Gasteiger charge is -2.14. The Hall–Kier alpha value is -1.95. The number of alkyl halides is 3. The molecular weight excluding hydrogens is 395 g/mol. The molecule has 0 saturated heterocycles. The molecule has 0 fully saturated rings. The second kappa shape index (κ2) is 5.68. The Morgan fingerprint density at radius 3 is 2.41 bits per heavy atom. The van der Waals surface area contributed by atoms with E-state index in [0.717, 1.165) is 18.2 Å². The molecule has 2 aromatic rings. The van der Waals surface area contributed by atoms with Gasteiger partial charge in [-0.2, -0.15) is 0 Å². The van der Waals surface area contributed by atoms with Crippen LogP contribution in [0.3, 0.4) is 0 Å². The standard InChI is InChI=1S/C10H7BrF3N3O4S/c11-5-1-2-7(6(3-5)21-10(12,13)14)22(19,20)17-8-4-9(18)16-15-8/h1-4H,(H3,15,16,17,18). The van der Waals surface area contributed by atoms with Crippen LogP contribution in [0.1, 0.15) is 0 Å². The second-order valence-electron chi connectivity index (χ2n) is 3.92. The van der Waals surface area contributed by atoms with Crippen LogP contribution in [-0.2, 0) is 10.0 Å². The molecule has 12 heteroatoms. The molecule has 1 aromatic heterocycles. The van der Waals surface area contributed by atoms with Crippen molar-refractivity contribution < 1.29 is 26.3 Å². The Balaban J connectivity index is 2.44. The molecule has 0 aliphatic rings. The molecule has 7 nitrogen and oxygen atoms in total. The average Bonchev–Trinajstić information content (AvgIpc) is 2.71. The minimum Gasteiger partial charge on any atom is -0.404 e. The topological polar surface area (TPSA) is 104 Å². The van der Waals surface area contributed by atoms with Crippen LogP contribution in [0.15, 0.2) is 38.4 Å². The quantitative estimate of drug-likeness (QED) is 0.729. The van der Waals surface area contributed by atoms with Crippen LogP contribution < -0.4 is 15.0 Å². The van der Waals surface area contributed by atoms with Crippen LogP contribution >= 0.6 is 15.9 Å². The van der Waals surface area contributed by atoms with Gasteiger partial charge >= 0.3 is 6.36 Å². The van der Waals surface area contributed by atoms with E-state index < -0.39 is 32.6 Å². The van der Waals surface area contributed by atoms with Crippen molar-refractivity contribution in [1.82, 2.24) is 10.2 Å². The van der Waals surface area contributed by atoms with Gasteiger partial charge in [-0.25, -0.2) is 8.42 Å². The molecule has 1 aromatic carbocycles. The smallest absolute Gasteiger partial charge is 0.404 e. The first-order valence-corrected chi connectivity index (χ1v) is 7.70. The molecule has 0 spiro atoms. The number of sulfonamides is 1. The Morgan fingerprint density at radius 1 is 1.18 bits per heavy atom. The summed E-state index contributed by atoms with van der Waals surface area (Å²) in [4.78, 5) is 10.2. The molecule has 0 radical (unpaired) electrons. The average molecular weight is 402 g/mol. The fourth-order valence-corrected chi connectivity index (χ4v) is 2.96. The maximum Gasteiger partial charge on any atom is 0.573 e. The maximum atomic E-state index is 12.4. The van der Waals surface area contributed by atoms with Gasteiger partial charge in [-0.1, -0.05) is 15.9 Å². The summed E-state index contributed by atoms with van der Waals surface area (Å²) in [5.41, 5.74) is -0.611. The normalized spacial score (nSPS) is 12.2. The highest BCUT2D eigenvalue weighted by Crippen LogP contribution is 2.32. The van der Waals surface area contributed by atoms with Gasteiger partial charge in [0.25, 0.3) is 15.6 Å². The van der Waals surface area contributed by atoms with E-state index in [1.165, 1.54) is 6.07 Å². The third-order valence-electron chi connectivity index (χ3n) is 2.26. The lowest BCUT2D eigenvalue weighted by Crippen LogP contribution is -2.21. The second-order valence-corrected chi connectivity index (χ2v) is 6.48. The first kappa shape index (κ1) is 16.4. The number of rotatable bonds is 4. The van der Waals surface area contributed by atoms with E-state index >= 15 is 0 Å². The SMILES string of the molecule is O=c1cc(NS(=O)(=O)c2ccc(Br)cc2OC(F)(F)F)[nH][nH]1. The molecule has 120 valence electrons. The van der Waals surface area contributed by atoms with Crippen molar-refractivity contribution in [3.05, 3.63) is 39.1 Å². The van der Waals surface area contributed by atoms with Gasteiger partial charge in [0.15, 0.2) is 5.75 Å². The summed E-state index contributed by atoms with van der Waals surface area (Å²) >= 11 is 2.93. The number of aromatic nitrogens is 2. The fraction of sp³-hybridized carbons (Fsp3) is 0.100. The number of H-pyrrole nitrogens is 2. The minimum absolute atomic E-state index is 0.195. The Kier molecular flexibility index (Phi) is 4.24. The number of hydrogen-bond acceptors (Lipinski definition) is 4. The van der Waals surface area contributed by atoms with Crippen molar-refractivity contribution in [1.29, 1.82) is 0 Å². The molecule has 0 amide bonds. The molecule has 0 aliphatic carbocycles. The van der Waals surface area contributed by atoms with Gasteiger partial charge in [0, 0.05) is 10.5 Å². The number of benzene rings is 1. The van der Waals surface area contributed by atoms with E-state index in [1.54, 1.807) is 0 Å². The number of aromatic amines is 2. The van der Waals surface area contributed by atoms with Crippen LogP contribution in [0, 0.1) is 0 Å². The Labute approximate surface area is 129 Å². The van der Waals surface area contributed by atoms with Crippen molar-refractivity contribution in [2.75, 3.05) is 4.72 Å². The van der Waals surface area contributed by atoms with E-state index in [1.807, 2.05) is 4.72 Å². The van der Waals surface area contributed by atoms with E-state index in [4.69, 9.17) is 0 Å². The zero-order valence-corrected chi connectivity index (χ0v) is 12.8. The molecule has 3 N–H and O–H groups in total. The van der Waals surface area contributed by atoms with Crippen molar-refractivity contribution in [3.8, 4) is 5.75 Å². The fourth-order valence-electron chi connectivity index (χ4n) is 1.50. The lowest BCUT2D eigenvalue weighted by molar-refractivity contribution is -0.275. The van der Waals surface area contributed by atoms with E-state index in [-0.39, 0.29) is 10.3 Å². The molecule has 0 aliphatic heterocycles. The summed E-state index contributed by atoms with van der Waals surface area (Å²) in [6.07, 6.45) is -5.06. The van der Waals surface area contributed by atoms with E-state index in [2.05, 4.69) is 30.9 Å². The third-order valence-corrected chi connectivity index (χ3v) is 4.16. The first-order valence-electron chi connectivity index (χ1n) is 5.43. The zero-order valence-electron chi connectivity index (χ0n) is 10.4. The summed E-state index contributed by atoms with van der Waals surface area (Å²) < 4.78 is 67.2. The third kappa shape index (κ3) is 4.04. The van der Waals surface area contributed by atoms with Crippen LogP contribution in [0.2, 0.25) is 0 Å². The van der Waals surface area contributed by atoms with Crippen LogP contribution in [-0.4, -0.2) is 25.0 Å². The Bertz CT molecular complexity index is 844. The summed E-state index contributed by atoms with van der Waals surface area (Å²) in [7, 11) is -4.41. The van der Waals surface area contributed by atoms with Crippen LogP contribution in [0.5, 0.6) is 5.75 Å². The summed E-state index contributed by atoms with van der Waals surface area (Å²) in [5.74, 6) is -1.14. The number of halogens is 4. The number of anilines is 1. The van der Waals surface area contributed by atoms with Gasteiger partial charge in [-0.15, -0.1) is 13.2 Å². The van der Waals surface area contributed by atoms with Crippen molar-refractivity contribution in [2.24, 2.45) is 0 Å². The van der Waals surface area contributed by atoms with Gasteiger partial charge in [0.05, 0.1) is 0 Å². The maximum absolute atomic E-state index is 12.4. The largest absolute Gasteiger partial charge is 0.573 e. The molecule has 1 heterocycles. The van der Waals surface area contributed by atoms with Gasteiger partial charge in [0.1, 0.15) is 10.7 Å². The van der Waals surface area contributed by atoms with Crippen molar-refractivity contribution in [3.63, 3.8) is 0 Å². The van der Waals surface area contributed by atoms with Crippen LogP contribution in [0.25, 0.3) is 0 Å². The van der Waals surface area contributed by atoms with Gasteiger partial charge in [-0.3, -0.25) is 19.7 Å². The summed E-state index contributed by atoms with van der Waals surface area (Å²) in [6, 6.07) is 3.92. The number of ether oxygens (including phenoxy) is 1. The highest BCUT2D eigenvalue weighted by molar-refractivity contribution is 9.10. The van der Waals surface area contributed by atoms with Gasteiger partial charge in [-0.05, 0) is 18.2 Å². The lowest BCUT2D eigenvalue weighted by atomic mass is 10.3. The zero-order chi connectivity index (χ0) is 16.5. The predicted molar refractivity (Wildman–Crippen MR) is 73.0 cm³/mol. The Morgan fingerprint density at radius 2 is 1.86 bits per heavy atom. The minimum atomic E-state index is -5.06. The highest BCUT2D eigenvalue weighted by atomic mass is 79.9. The predicted octanol–water partition coefficient (Wildman–Crippen LogP) is 2.16. The number of hydrogen-bond donors (Lipinski definition) is 3. The molecule has 2 rings (SSSR count). The number of nitrogens with one attached hydrogen (secondary N) is 3. The monoisotopic (exact) mass is 401 g/mol. The molecular formula is C10H7BrF3N3O4S. The van der Waals surface area contributed by atoms with Gasteiger partial charge in [0.2, 0.25) is 0 Å². The highest BCUT2D eigenvalue weighted by Gasteiger charge is 2.34.